The molecular weight excluding hydrogens is 396 g/mol. The van der Waals surface area contributed by atoms with Crippen LogP contribution in [0.1, 0.15) is 33.1 Å². The molecule has 0 aromatic heterocycles. The number of amides is 1. The Labute approximate surface area is 172 Å². The summed E-state index contributed by atoms with van der Waals surface area (Å²) in [6, 6.07) is 3.68. The van der Waals surface area contributed by atoms with E-state index in [0.29, 0.717) is 37.8 Å². The molecule has 0 spiro atoms. The fourth-order valence-corrected chi connectivity index (χ4v) is 4.88. The lowest BCUT2D eigenvalue weighted by atomic mass is 10.0. The number of nitrogens with zero attached hydrogens (tertiary/aromatic N) is 1. The minimum absolute atomic E-state index is 0.0540. The van der Waals surface area contributed by atoms with E-state index >= 15 is 0 Å². The maximum absolute atomic E-state index is 13.0. The number of carbonyl (C=O) groups is 1. The van der Waals surface area contributed by atoms with Crippen LogP contribution in [-0.4, -0.2) is 64.8 Å². The Hall–Kier alpha value is -1.84. The second kappa shape index (κ2) is 9.32. The number of rotatable bonds is 6. The number of benzene rings is 1. The van der Waals surface area contributed by atoms with Crippen LogP contribution >= 0.6 is 0 Å². The number of nitrogens with one attached hydrogen (secondary N) is 1. The van der Waals surface area contributed by atoms with Gasteiger partial charge >= 0.3 is 0 Å². The largest absolute Gasteiger partial charge is 0.490 e. The van der Waals surface area contributed by atoms with Crippen LogP contribution in [0, 0.1) is 5.92 Å². The molecule has 2 aliphatic heterocycles. The number of hydrogen-bond acceptors (Lipinski definition) is 6. The third kappa shape index (κ3) is 5.21. The fraction of sp³-hybridized carbons (Fsp3) is 0.650. The van der Waals surface area contributed by atoms with Gasteiger partial charge in [0.05, 0.1) is 24.2 Å². The summed E-state index contributed by atoms with van der Waals surface area (Å²) in [6.07, 6.45) is 2.39. The SMILES string of the molecule is COC1CCN(C(=O)C(NS(=O)(=O)c2ccc3c(c2)OCCCO3)C(C)C)CC1. The summed E-state index contributed by atoms with van der Waals surface area (Å²) in [4.78, 5) is 14.8. The molecule has 2 heterocycles. The van der Waals surface area contributed by atoms with E-state index < -0.39 is 16.1 Å². The summed E-state index contributed by atoms with van der Waals surface area (Å²) in [6.45, 7) is 5.79. The molecule has 1 aromatic rings. The van der Waals surface area contributed by atoms with Crippen molar-refractivity contribution in [2.24, 2.45) is 5.92 Å². The number of sulfonamides is 1. The molecule has 2 aliphatic rings. The first kappa shape index (κ1) is 21.9. The summed E-state index contributed by atoms with van der Waals surface area (Å²) in [5.74, 6) is 0.531. The number of likely N-dealkylation sites (tertiary alicyclic amines) is 1. The molecule has 162 valence electrons. The van der Waals surface area contributed by atoms with Crippen LogP contribution in [0.25, 0.3) is 0 Å². The Balaban J connectivity index is 1.76. The standard InChI is InChI=1S/C20H30N2O6S/c1-14(2)19(20(23)22-9-7-15(26-3)8-10-22)21-29(24,25)16-5-6-17-18(13-16)28-12-4-11-27-17/h5-6,13-15,19,21H,4,7-12H2,1-3H3. The first-order valence-electron chi connectivity index (χ1n) is 10.1. The molecule has 1 unspecified atom stereocenters. The fourth-order valence-electron chi connectivity index (χ4n) is 3.53. The van der Waals surface area contributed by atoms with Crippen molar-refractivity contribution in [2.75, 3.05) is 33.4 Å². The summed E-state index contributed by atoms with van der Waals surface area (Å²) < 4.78 is 45.1. The molecule has 0 bridgehead atoms. The summed E-state index contributed by atoms with van der Waals surface area (Å²) in [7, 11) is -2.24. The molecule has 0 aliphatic carbocycles. The molecule has 1 fully saturated rings. The first-order valence-corrected chi connectivity index (χ1v) is 11.5. The summed E-state index contributed by atoms with van der Waals surface area (Å²) in [5, 5.41) is 0. The molecule has 0 radical (unpaired) electrons. The van der Waals surface area contributed by atoms with Crippen molar-refractivity contribution in [2.45, 2.75) is 50.2 Å². The summed E-state index contributed by atoms with van der Waals surface area (Å²) >= 11 is 0. The normalized spacial score (nSPS) is 19.1. The van der Waals surface area contributed by atoms with E-state index in [0.717, 1.165) is 19.3 Å². The van der Waals surface area contributed by atoms with Gasteiger partial charge in [0.25, 0.3) is 0 Å². The van der Waals surface area contributed by atoms with E-state index in [1.165, 1.54) is 12.1 Å². The average Bonchev–Trinajstić information content (AvgIpc) is 2.96. The molecule has 29 heavy (non-hydrogen) atoms. The van der Waals surface area contributed by atoms with Crippen LogP contribution in [0.5, 0.6) is 11.5 Å². The van der Waals surface area contributed by atoms with Gasteiger partial charge in [-0.15, -0.1) is 0 Å². The van der Waals surface area contributed by atoms with Gasteiger partial charge in [-0.25, -0.2) is 8.42 Å². The highest BCUT2D eigenvalue weighted by Crippen LogP contribution is 2.32. The van der Waals surface area contributed by atoms with Crippen LogP contribution in [0.15, 0.2) is 23.1 Å². The number of fused-ring (bicyclic) bond motifs is 1. The van der Waals surface area contributed by atoms with Crippen molar-refractivity contribution in [1.82, 2.24) is 9.62 Å². The highest BCUT2D eigenvalue weighted by Gasteiger charge is 2.33. The van der Waals surface area contributed by atoms with Gasteiger partial charge in [-0.05, 0) is 30.9 Å². The lowest BCUT2D eigenvalue weighted by Crippen LogP contribution is -2.53. The zero-order valence-electron chi connectivity index (χ0n) is 17.2. The van der Waals surface area contributed by atoms with E-state index in [4.69, 9.17) is 14.2 Å². The molecule has 1 atom stereocenters. The van der Waals surface area contributed by atoms with Gasteiger partial charge in [-0.2, -0.15) is 4.72 Å². The molecule has 1 saturated heterocycles. The zero-order valence-corrected chi connectivity index (χ0v) is 18.0. The van der Waals surface area contributed by atoms with Crippen molar-refractivity contribution in [3.05, 3.63) is 18.2 Å². The van der Waals surface area contributed by atoms with Gasteiger partial charge in [0.15, 0.2) is 11.5 Å². The maximum atomic E-state index is 13.0. The van der Waals surface area contributed by atoms with Gasteiger partial charge in [0.1, 0.15) is 6.04 Å². The number of carbonyl (C=O) groups excluding carboxylic acids is 1. The van der Waals surface area contributed by atoms with Gasteiger partial charge in [-0.3, -0.25) is 4.79 Å². The number of methoxy groups -OCH3 is 1. The molecule has 8 nitrogen and oxygen atoms in total. The molecule has 9 heteroatoms. The zero-order chi connectivity index (χ0) is 21.0. The average molecular weight is 427 g/mol. The molecular formula is C20H30N2O6S. The van der Waals surface area contributed by atoms with Crippen LogP contribution in [0.3, 0.4) is 0 Å². The van der Waals surface area contributed by atoms with Crippen molar-refractivity contribution >= 4 is 15.9 Å². The number of ether oxygens (including phenoxy) is 3. The second-order valence-corrected chi connectivity index (χ2v) is 9.48. The topological polar surface area (TPSA) is 94.2 Å². The lowest BCUT2D eigenvalue weighted by molar-refractivity contribution is -0.136. The Bertz CT molecular complexity index is 818. The van der Waals surface area contributed by atoms with E-state index in [-0.39, 0.29) is 22.8 Å². The van der Waals surface area contributed by atoms with E-state index in [2.05, 4.69) is 4.72 Å². The third-order valence-electron chi connectivity index (χ3n) is 5.33. The van der Waals surface area contributed by atoms with Crippen molar-refractivity contribution in [3.63, 3.8) is 0 Å². The summed E-state index contributed by atoms with van der Waals surface area (Å²) in [5.41, 5.74) is 0. The monoisotopic (exact) mass is 426 g/mol. The van der Waals surface area contributed by atoms with E-state index in [9.17, 15) is 13.2 Å². The number of piperidine rings is 1. The third-order valence-corrected chi connectivity index (χ3v) is 6.77. The predicted molar refractivity (Wildman–Crippen MR) is 108 cm³/mol. The molecule has 1 aromatic carbocycles. The lowest BCUT2D eigenvalue weighted by Gasteiger charge is -2.34. The Kier molecular flexibility index (Phi) is 7.02. The van der Waals surface area contributed by atoms with Crippen molar-refractivity contribution < 1.29 is 27.4 Å². The first-order chi connectivity index (χ1) is 13.8. The van der Waals surface area contributed by atoms with Gasteiger partial charge in [0.2, 0.25) is 15.9 Å². The van der Waals surface area contributed by atoms with E-state index in [1.54, 1.807) is 18.1 Å². The minimum Gasteiger partial charge on any atom is -0.490 e. The van der Waals surface area contributed by atoms with E-state index in [1.807, 2.05) is 13.8 Å². The quantitative estimate of drug-likeness (QED) is 0.745. The van der Waals surface area contributed by atoms with Crippen LogP contribution in [-0.2, 0) is 19.6 Å². The maximum Gasteiger partial charge on any atom is 0.241 e. The molecule has 3 rings (SSSR count). The van der Waals surface area contributed by atoms with Crippen LogP contribution in [0.4, 0.5) is 0 Å². The molecule has 0 saturated carbocycles. The highest BCUT2D eigenvalue weighted by molar-refractivity contribution is 7.89. The van der Waals surface area contributed by atoms with Crippen LogP contribution in [0.2, 0.25) is 0 Å². The van der Waals surface area contributed by atoms with Crippen LogP contribution < -0.4 is 14.2 Å². The number of hydrogen-bond donors (Lipinski definition) is 1. The second-order valence-electron chi connectivity index (χ2n) is 7.76. The smallest absolute Gasteiger partial charge is 0.241 e. The van der Waals surface area contributed by atoms with Crippen molar-refractivity contribution in [1.29, 1.82) is 0 Å². The van der Waals surface area contributed by atoms with Gasteiger partial charge in [0, 0.05) is 32.7 Å². The highest BCUT2D eigenvalue weighted by atomic mass is 32.2. The Morgan fingerprint density at radius 3 is 2.45 bits per heavy atom. The van der Waals surface area contributed by atoms with Gasteiger partial charge < -0.3 is 19.1 Å². The Morgan fingerprint density at radius 2 is 1.83 bits per heavy atom. The molecule has 1 N–H and O–H groups in total. The predicted octanol–water partition coefficient (Wildman–Crippen LogP) is 1.79. The molecule has 1 amide bonds. The minimum atomic E-state index is -3.91. The van der Waals surface area contributed by atoms with Crippen molar-refractivity contribution in [3.8, 4) is 11.5 Å². The Morgan fingerprint density at radius 1 is 1.17 bits per heavy atom. The van der Waals surface area contributed by atoms with Gasteiger partial charge in [-0.1, -0.05) is 13.8 Å².